The maximum atomic E-state index is 13.0. The van der Waals surface area contributed by atoms with E-state index in [0.29, 0.717) is 43.1 Å². The lowest BCUT2D eigenvalue weighted by atomic mass is 10.1. The molecule has 0 aliphatic heterocycles. The van der Waals surface area contributed by atoms with Crippen LogP contribution in [0.5, 0.6) is 0 Å². The van der Waals surface area contributed by atoms with E-state index in [2.05, 4.69) is 25.5 Å². The molecular formula is C22H23F3N6O2. The number of methoxy groups -OCH3 is 1. The van der Waals surface area contributed by atoms with Gasteiger partial charge >= 0.3 is 6.18 Å². The first-order chi connectivity index (χ1) is 15.8. The molecule has 4 rings (SSSR count). The van der Waals surface area contributed by atoms with E-state index < -0.39 is 11.7 Å². The summed E-state index contributed by atoms with van der Waals surface area (Å²) in [5.41, 5.74) is 2.64. The van der Waals surface area contributed by atoms with Gasteiger partial charge in [-0.2, -0.15) is 18.3 Å². The van der Waals surface area contributed by atoms with Gasteiger partial charge in [0.05, 0.1) is 23.6 Å². The number of alkyl halides is 3. The molecular weight excluding hydrogens is 437 g/mol. The predicted molar refractivity (Wildman–Crippen MR) is 115 cm³/mol. The lowest BCUT2D eigenvalue weighted by Gasteiger charge is -2.15. The van der Waals surface area contributed by atoms with E-state index >= 15 is 0 Å². The Balaban J connectivity index is 1.65. The molecule has 2 N–H and O–H groups in total. The fourth-order valence-corrected chi connectivity index (χ4v) is 3.72. The number of aromatic nitrogens is 4. The molecule has 33 heavy (non-hydrogen) atoms. The molecule has 2 aromatic heterocycles. The highest BCUT2D eigenvalue weighted by molar-refractivity contribution is 5.95. The van der Waals surface area contributed by atoms with E-state index in [9.17, 15) is 18.0 Å². The fourth-order valence-electron chi connectivity index (χ4n) is 3.72. The monoisotopic (exact) mass is 460 g/mol. The zero-order chi connectivity index (χ0) is 23.6. The minimum Gasteiger partial charge on any atom is -0.383 e. The first kappa shape index (κ1) is 22.7. The van der Waals surface area contributed by atoms with E-state index in [1.165, 1.54) is 12.1 Å². The number of carbonyl (C=O) groups is 1. The lowest BCUT2D eigenvalue weighted by Crippen LogP contribution is -2.30. The van der Waals surface area contributed by atoms with E-state index in [-0.39, 0.29) is 17.5 Å². The van der Waals surface area contributed by atoms with Crippen molar-refractivity contribution in [2.45, 2.75) is 25.4 Å². The third-order valence-electron chi connectivity index (χ3n) is 5.47. The van der Waals surface area contributed by atoms with Gasteiger partial charge < -0.3 is 15.0 Å². The van der Waals surface area contributed by atoms with Gasteiger partial charge in [-0.25, -0.2) is 9.97 Å². The van der Waals surface area contributed by atoms with Crippen molar-refractivity contribution in [3.8, 4) is 11.4 Å². The van der Waals surface area contributed by atoms with Gasteiger partial charge in [0.25, 0.3) is 5.91 Å². The summed E-state index contributed by atoms with van der Waals surface area (Å²) in [5, 5.41) is 10.0. The van der Waals surface area contributed by atoms with Gasteiger partial charge in [-0.05, 0) is 43.0 Å². The summed E-state index contributed by atoms with van der Waals surface area (Å²) in [6.45, 7) is 0.844. The van der Waals surface area contributed by atoms with Crippen molar-refractivity contribution in [2.24, 2.45) is 0 Å². The quantitative estimate of drug-likeness (QED) is 0.581. The van der Waals surface area contributed by atoms with Gasteiger partial charge in [0.1, 0.15) is 0 Å². The number of aromatic amines is 1. The summed E-state index contributed by atoms with van der Waals surface area (Å²) in [6.07, 6.45) is -0.672. The van der Waals surface area contributed by atoms with Crippen molar-refractivity contribution >= 4 is 17.5 Å². The maximum absolute atomic E-state index is 13.0. The number of nitrogens with zero attached hydrogens (tertiary/aromatic N) is 4. The number of likely N-dealkylation sites (N-methyl/N-ethyl adjacent to an activating group) is 1. The average Bonchev–Trinajstić information content (AvgIpc) is 3.12. The summed E-state index contributed by atoms with van der Waals surface area (Å²) in [7, 11) is 3.26. The molecule has 0 saturated carbocycles. The van der Waals surface area contributed by atoms with Crippen LogP contribution in [0.2, 0.25) is 0 Å². The second kappa shape index (κ2) is 9.18. The normalized spacial score (nSPS) is 13.1. The van der Waals surface area contributed by atoms with Crippen LogP contribution < -0.4 is 5.32 Å². The number of aryl methyl sites for hydroxylation is 1. The first-order valence-corrected chi connectivity index (χ1v) is 10.4. The Kier molecular flexibility index (Phi) is 6.32. The van der Waals surface area contributed by atoms with Crippen LogP contribution in [0.4, 0.5) is 24.8 Å². The number of amides is 1. The van der Waals surface area contributed by atoms with Crippen LogP contribution in [-0.2, 0) is 23.8 Å². The molecule has 2 heterocycles. The topological polar surface area (TPSA) is 96.0 Å². The zero-order valence-corrected chi connectivity index (χ0v) is 18.2. The van der Waals surface area contributed by atoms with Crippen molar-refractivity contribution in [1.82, 2.24) is 25.1 Å². The molecule has 8 nitrogen and oxygen atoms in total. The van der Waals surface area contributed by atoms with Gasteiger partial charge in [0, 0.05) is 38.1 Å². The van der Waals surface area contributed by atoms with Crippen molar-refractivity contribution in [2.75, 3.05) is 32.6 Å². The second-order valence-electron chi connectivity index (χ2n) is 7.77. The molecule has 0 atom stereocenters. The van der Waals surface area contributed by atoms with Crippen LogP contribution in [0.1, 0.15) is 33.6 Å². The Morgan fingerprint density at radius 3 is 2.88 bits per heavy atom. The molecule has 0 saturated heterocycles. The zero-order valence-electron chi connectivity index (χ0n) is 18.2. The molecule has 174 valence electrons. The fraction of sp³-hybridized carbons (Fsp3) is 0.364. The number of fused-ring (bicyclic) bond motifs is 3. The van der Waals surface area contributed by atoms with Crippen LogP contribution in [-0.4, -0.2) is 58.3 Å². The lowest BCUT2D eigenvalue weighted by molar-refractivity contribution is -0.137. The molecule has 1 aliphatic rings. The number of rotatable bonds is 6. The van der Waals surface area contributed by atoms with Crippen LogP contribution in [0.3, 0.4) is 0 Å². The number of nitrogens with one attached hydrogen (secondary N) is 2. The number of ether oxygens (including phenoxy) is 1. The summed E-state index contributed by atoms with van der Waals surface area (Å²) in [4.78, 5) is 23.2. The van der Waals surface area contributed by atoms with E-state index in [1.807, 2.05) is 0 Å². The molecule has 0 radical (unpaired) electrons. The van der Waals surface area contributed by atoms with Gasteiger partial charge in [-0.15, -0.1) is 0 Å². The molecule has 0 bridgehead atoms. The summed E-state index contributed by atoms with van der Waals surface area (Å²) in [6, 6.07) is 4.84. The minimum absolute atomic E-state index is 0.153. The number of halogens is 3. The molecule has 0 spiro atoms. The minimum atomic E-state index is -4.45. The molecule has 1 amide bonds. The first-order valence-electron chi connectivity index (χ1n) is 10.4. The second-order valence-corrected chi connectivity index (χ2v) is 7.77. The highest BCUT2D eigenvalue weighted by Gasteiger charge is 2.31. The Labute approximate surface area is 188 Å². The number of anilines is 2. The SMILES string of the molecule is COCCN(C)C(=O)c1n[nH]c2c1CCCc1cnc(Nc3cccc(C(F)(F)F)c3)nc1-2. The number of benzene rings is 1. The van der Waals surface area contributed by atoms with Crippen molar-refractivity contribution < 1.29 is 22.7 Å². The van der Waals surface area contributed by atoms with Gasteiger partial charge in [-0.3, -0.25) is 9.89 Å². The number of hydrogen-bond donors (Lipinski definition) is 2. The third kappa shape index (κ3) is 4.82. The third-order valence-corrected chi connectivity index (χ3v) is 5.47. The largest absolute Gasteiger partial charge is 0.416 e. The summed E-state index contributed by atoms with van der Waals surface area (Å²) in [5.74, 6) is -0.0648. The van der Waals surface area contributed by atoms with E-state index in [1.54, 1.807) is 25.3 Å². The predicted octanol–water partition coefficient (Wildman–Crippen LogP) is 3.84. The van der Waals surface area contributed by atoms with E-state index in [4.69, 9.17) is 4.74 Å². The van der Waals surface area contributed by atoms with Crippen LogP contribution >= 0.6 is 0 Å². The average molecular weight is 460 g/mol. The van der Waals surface area contributed by atoms with Gasteiger partial charge in [-0.1, -0.05) is 6.07 Å². The Hall–Kier alpha value is -3.47. The van der Waals surface area contributed by atoms with E-state index in [0.717, 1.165) is 29.7 Å². The Bertz CT molecular complexity index is 1160. The molecule has 0 fully saturated rings. The smallest absolute Gasteiger partial charge is 0.383 e. The molecule has 11 heteroatoms. The Morgan fingerprint density at radius 1 is 1.30 bits per heavy atom. The highest BCUT2D eigenvalue weighted by atomic mass is 19.4. The van der Waals surface area contributed by atoms with Crippen LogP contribution in [0.15, 0.2) is 30.5 Å². The number of H-pyrrole nitrogens is 1. The molecule has 3 aromatic rings. The molecule has 0 unspecified atom stereocenters. The molecule has 1 aromatic carbocycles. The molecule has 1 aliphatic carbocycles. The van der Waals surface area contributed by atoms with Crippen molar-refractivity contribution in [1.29, 1.82) is 0 Å². The van der Waals surface area contributed by atoms with Crippen molar-refractivity contribution in [3.05, 3.63) is 52.8 Å². The maximum Gasteiger partial charge on any atom is 0.416 e. The van der Waals surface area contributed by atoms with Crippen LogP contribution in [0.25, 0.3) is 11.4 Å². The number of hydrogen-bond acceptors (Lipinski definition) is 6. The summed E-state index contributed by atoms with van der Waals surface area (Å²) >= 11 is 0. The van der Waals surface area contributed by atoms with Gasteiger partial charge in [0.2, 0.25) is 5.95 Å². The van der Waals surface area contributed by atoms with Gasteiger partial charge in [0.15, 0.2) is 5.69 Å². The highest BCUT2D eigenvalue weighted by Crippen LogP contribution is 2.33. The Morgan fingerprint density at radius 2 is 2.12 bits per heavy atom. The summed E-state index contributed by atoms with van der Waals surface area (Å²) < 4.78 is 44.1. The van der Waals surface area contributed by atoms with Crippen molar-refractivity contribution in [3.63, 3.8) is 0 Å². The van der Waals surface area contributed by atoms with Crippen LogP contribution in [0, 0.1) is 0 Å². The standard InChI is InChI=1S/C22H23F3N6O2/c1-31(9-10-33-2)20(32)19-16-8-3-5-13-12-26-21(28-17(13)18(16)29-30-19)27-15-7-4-6-14(11-15)22(23,24)25/h4,6-7,11-12H,3,5,8-10H2,1-2H3,(H,29,30)(H,26,27,28). The number of carbonyl (C=O) groups excluding carboxylic acids is 1.